The van der Waals surface area contributed by atoms with E-state index in [4.69, 9.17) is 5.73 Å². The molecule has 32 heavy (non-hydrogen) atoms. The van der Waals surface area contributed by atoms with E-state index in [9.17, 15) is 4.79 Å². The Kier molecular flexibility index (Phi) is 5.90. The number of hydrogen-bond donors (Lipinski definition) is 2. The maximum Gasteiger partial charge on any atom is 0.270 e. The Bertz CT molecular complexity index is 1070. The maximum atomic E-state index is 13.2. The highest BCUT2D eigenvalue weighted by molar-refractivity contribution is 5.94. The summed E-state index contributed by atoms with van der Waals surface area (Å²) in [5.41, 5.74) is 9.94. The topological polar surface area (TPSA) is 91.1 Å². The van der Waals surface area contributed by atoms with Crippen LogP contribution in [0.3, 0.4) is 0 Å². The highest BCUT2D eigenvalue weighted by atomic mass is 16.2. The summed E-state index contributed by atoms with van der Waals surface area (Å²) < 4.78 is 0. The largest absolute Gasteiger partial charge is 0.368 e. The summed E-state index contributed by atoms with van der Waals surface area (Å²) in [4.78, 5) is 29.6. The number of likely N-dealkylation sites (tertiary alicyclic amines) is 2. The molecule has 0 radical (unpaired) electrons. The molecular formula is C25H30N6O. The van der Waals surface area contributed by atoms with Gasteiger partial charge in [-0.15, -0.1) is 0 Å². The molecule has 4 heterocycles. The molecular weight excluding hydrogens is 400 g/mol. The fourth-order valence-electron chi connectivity index (χ4n) is 4.99. The number of nitrogens with two attached hydrogens (primary N) is 1. The molecule has 0 saturated carbocycles. The van der Waals surface area contributed by atoms with Gasteiger partial charge in [0.2, 0.25) is 5.95 Å². The highest BCUT2D eigenvalue weighted by Gasteiger charge is 2.28. The van der Waals surface area contributed by atoms with Gasteiger partial charge in [0.05, 0.1) is 5.69 Å². The predicted molar refractivity (Wildman–Crippen MR) is 126 cm³/mol. The molecule has 2 saturated heterocycles. The van der Waals surface area contributed by atoms with Crippen LogP contribution in [-0.2, 0) is 0 Å². The molecule has 2 aromatic heterocycles. The molecule has 0 bridgehead atoms. The van der Waals surface area contributed by atoms with Crippen molar-refractivity contribution in [3.63, 3.8) is 0 Å². The van der Waals surface area contributed by atoms with E-state index in [-0.39, 0.29) is 11.9 Å². The summed E-state index contributed by atoms with van der Waals surface area (Å²) in [6.45, 7) is 4.04. The van der Waals surface area contributed by atoms with Crippen LogP contribution in [0, 0.1) is 0 Å². The van der Waals surface area contributed by atoms with Gasteiger partial charge < -0.3 is 20.5 Å². The number of nitrogens with zero attached hydrogens (tertiary/aromatic N) is 4. The van der Waals surface area contributed by atoms with Crippen LogP contribution in [0.25, 0.3) is 22.4 Å². The Labute approximate surface area is 188 Å². The standard InChI is InChI=1S/C25H30N6O/c26-25-28-17-21(18-7-3-1-4-8-18)23(29-25)19-15-22(27-16-19)24(32)31-13-9-20(10-14-31)30-11-5-2-6-12-30/h1,3-4,7-8,15-17,20,27H,2,5-6,9-14H2,(H2,26,28,29). The third-order valence-electron chi connectivity index (χ3n) is 6.74. The number of hydrogen-bond acceptors (Lipinski definition) is 5. The summed E-state index contributed by atoms with van der Waals surface area (Å²) in [5.74, 6) is 0.269. The van der Waals surface area contributed by atoms with Crippen molar-refractivity contribution < 1.29 is 4.79 Å². The monoisotopic (exact) mass is 430 g/mol. The molecule has 0 unspecified atom stereocenters. The normalized spacial score (nSPS) is 18.1. The summed E-state index contributed by atoms with van der Waals surface area (Å²) in [7, 11) is 0. The molecule has 0 atom stereocenters. The zero-order valence-electron chi connectivity index (χ0n) is 18.3. The number of piperidine rings is 2. The number of amides is 1. The molecule has 1 aromatic carbocycles. The number of anilines is 1. The number of aromatic amines is 1. The van der Waals surface area contributed by atoms with E-state index in [0.29, 0.717) is 11.7 Å². The van der Waals surface area contributed by atoms with Crippen molar-refractivity contribution in [3.05, 3.63) is 54.5 Å². The van der Waals surface area contributed by atoms with Crippen LogP contribution < -0.4 is 5.73 Å². The quantitative estimate of drug-likeness (QED) is 0.657. The SMILES string of the molecule is Nc1ncc(-c2ccccc2)c(-c2c[nH]c(C(=O)N3CCC(N4CCCCC4)CC3)c2)n1. The first-order chi connectivity index (χ1) is 15.7. The number of carbonyl (C=O) groups excluding carboxylic acids is 1. The van der Waals surface area contributed by atoms with E-state index in [1.54, 1.807) is 6.20 Å². The Morgan fingerprint density at radius 3 is 2.50 bits per heavy atom. The zero-order valence-corrected chi connectivity index (χ0v) is 18.3. The zero-order chi connectivity index (χ0) is 21.9. The molecule has 0 spiro atoms. The molecule has 0 aliphatic carbocycles. The van der Waals surface area contributed by atoms with Crippen LogP contribution in [0.15, 0.2) is 48.8 Å². The van der Waals surface area contributed by atoms with Gasteiger partial charge in [0.25, 0.3) is 5.91 Å². The number of carbonyl (C=O) groups is 1. The molecule has 3 aromatic rings. The molecule has 5 rings (SSSR count). The van der Waals surface area contributed by atoms with E-state index in [0.717, 1.165) is 48.3 Å². The maximum absolute atomic E-state index is 13.2. The average Bonchev–Trinajstić information content (AvgIpc) is 3.35. The number of nitrogen functional groups attached to an aromatic ring is 1. The summed E-state index contributed by atoms with van der Waals surface area (Å²) in [6.07, 6.45) is 9.66. The first kappa shape index (κ1) is 20.7. The van der Waals surface area contributed by atoms with Crippen LogP contribution >= 0.6 is 0 Å². The highest BCUT2D eigenvalue weighted by Crippen LogP contribution is 2.31. The fourth-order valence-corrected chi connectivity index (χ4v) is 4.99. The molecule has 3 N–H and O–H groups in total. The van der Waals surface area contributed by atoms with Crippen molar-refractivity contribution in [2.75, 3.05) is 31.9 Å². The van der Waals surface area contributed by atoms with Crippen molar-refractivity contribution in [1.82, 2.24) is 24.8 Å². The molecule has 1 amide bonds. The second kappa shape index (κ2) is 9.12. The van der Waals surface area contributed by atoms with Gasteiger partial charge >= 0.3 is 0 Å². The van der Waals surface area contributed by atoms with Gasteiger partial charge in [0.15, 0.2) is 0 Å². The first-order valence-electron chi connectivity index (χ1n) is 11.6. The Balaban J connectivity index is 1.31. The van der Waals surface area contributed by atoms with Gasteiger partial charge in [-0.2, -0.15) is 0 Å². The lowest BCUT2D eigenvalue weighted by molar-refractivity contribution is 0.0585. The number of H-pyrrole nitrogens is 1. The molecule has 7 heteroatoms. The van der Waals surface area contributed by atoms with Crippen LogP contribution in [0.4, 0.5) is 5.95 Å². The lowest BCUT2D eigenvalue weighted by Gasteiger charge is -2.40. The van der Waals surface area contributed by atoms with Gasteiger partial charge in [0, 0.05) is 42.7 Å². The third-order valence-corrected chi connectivity index (χ3v) is 6.74. The van der Waals surface area contributed by atoms with Crippen molar-refractivity contribution in [3.8, 4) is 22.4 Å². The number of nitrogens with one attached hydrogen (secondary N) is 1. The molecule has 2 fully saturated rings. The number of aromatic nitrogens is 3. The van der Waals surface area contributed by atoms with Gasteiger partial charge in [-0.3, -0.25) is 4.79 Å². The summed E-state index contributed by atoms with van der Waals surface area (Å²) >= 11 is 0. The van der Waals surface area contributed by atoms with Crippen molar-refractivity contribution >= 4 is 11.9 Å². The number of rotatable bonds is 4. The van der Waals surface area contributed by atoms with Crippen LogP contribution in [0.2, 0.25) is 0 Å². The Hall–Kier alpha value is -3.19. The smallest absolute Gasteiger partial charge is 0.270 e. The minimum atomic E-state index is 0.0524. The third kappa shape index (κ3) is 4.25. The average molecular weight is 431 g/mol. The predicted octanol–water partition coefficient (Wildman–Crippen LogP) is 3.81. The molecule has 7 nitrogen and oxygen atoms in total. The van der Waals surface area contributed by atoms with E-state index in [1.165, 1.54) is 32.4 Å². The van der Waals surface area contributed by atoms with Crippen molar-refractivity contribution in [2.45, 2.75) is 38.1 Å². The molecule has 2 aliphatic heterocycles. The van der Waals surface area contributed by atoms with E-state index < -0.39 is 0 Å². The minimum absolute atomic E-state index is 0.0524. The number of benzene rings is 1. The van der Waals surface area contributed by atoms with E-state index >= 15 is 0 Å². The molecule has 166 valence electrons. The van der Waals surface area contributed by atoms with Crippen molar-refractivity contribution in [1.29, 1.82) is 0 Å². The second-order valence-corrected chi connectivity index (χ2v) is 8.78. The van der Waals surface area contributed by atoms with Gasteiger partial charge in [0.1, 0.15) is 5.69 Å². The second-order valence-electron chi connectivity index (χ2n) is 8.78. The van der Waals surface area contributed by atoms with E-state index in [1.807, 2.05) is 47.5 Å². The van der Waals surface area contributed by atoms with Gasteiger partial charge in [-0.1, -0.05) is 36.8 Å². The Morgan fingerprint density at radius 2 is 1.75 bits per heavy atom. The Morgan fingerprint density at radius 1 is 1.00 bits per heavy atom. The lowest BCUT2D eigenvalue weighted by atomic mass is 9.99. The summed E-state index contributed by atoms with van der Waals surface area (Å²) in [6, 6.07) is 12.5. The lowest BCUT2D eigenvalue weighted by Crippen LogP contribution is -2.48. The van der Waals surface area contributed by atoms with Gasteiger partial charge in [-0.05, 0) is 50.4 Å². The summed E-state index contributed by atoms with van der Waals surface area (Å²) in [5, 5.41) is 0. The minimum Gasteiger partial charge on any atom is -0.368 e. The van der Waals surface area contributed by atoms with Crippen LogP contribution in [0.5, 0.6) is 0 Å². The molecule has 2 aliphatic rings. The fraction of sp³-hybridized carbons (Fsp3) is 0.400. The van der Waals surface area contributed by atoms with Crippen molar-refractivity contribution in [2.24, 2.45) is 0 Å². The van der Waals surface area contributed by atoms with Crippen LogP contribution in [0.1, 0.15) is 42.6 Å². The van der Waals surface area contributed by atoms with Gasteiger partial charge in [-0.25, -0.2) is 9.97 Å². The van der Waals surface area contributed by atoms with Crippen LogP contribution in [-0.4, -0.2) is 62.9 Å². The van der Waals surface area contributed by atoms with E-state index in [2.05, 4.69) is 19.9 Å². The first-order valence-corrected chi connectivity index (χ1v) is 11.6.